The van der Waals surface area contributed by atoms with Crippen molar-refractivity contribution in [1.82, 2.24) is 20.2 Å². The Morgan fingerprint density at radius 1 is 1.39 bits per heavy atom. The van der Waals surface area contributed by atoms with E-state index in [-0.39, 0.29) is 17.7 Å². The zero-order valence-electron chi connectivity index (χ0n) is 9.81. The van der Waals surface area contributed by atoms with E-state index >= 15 is 0 Å². The summed E-state index contributed by atoms with van der Waals surface area (Å²) in [5.41, 5.74) is 0.216. The van der Waals surface area contributed by atoms with Crippen LogP contribution in [0.5, 0.6) is 0 Å². The molecule has 0 unspecified atom stereocenters. The van der Waals surface area contributed by atoms with Gasteiger partial charge in [0, 0.05) is 0 Å². The third-order valence-corrected chi connectivity index (χ3v) is 3.37. The molecule has 2 atom stereocenters. The van der Waals surface area contributed by atoms with Gasteiger partial charge in [0.1, 0.15) is 5.39 Å². The molecule has 0 aromatic carbocycles. The molecule has 0 radical (unpaired) electrons. The summed E-state index contributed by atoms with van der Waals surface area (Å²) in [6.45, 7) is 0. The SMILES string of the molecule is O=c1[nH]c(N[C@H]2CCCC[C@@H]2O)nc2[nH]ncc12. The molecule has 0 spiro atoms. The molecule has 0 bridgehead atoms. The van der Waals surface area contributed by atoms with E-state index in [2.05, 4.69) is 25.5 Å². The van der Waals surface area contributed by atoms with E-state index < -0.39 is 0 Å². The summed E-state index contributed by atoms with van der Waals surface area (Å²) in [5, 5.41) is 19.8. The van der Waals surface area contributed by atoms with Gasteiger partial charge in [0.25, 0.3) is 5.56 Å². The van der Waals surface area contributed by atoms with Crippen LogP contribution in [0.15, 0.2) is 11.0 Å². The van der Waals surface area contributed by atoms with E-state index in [4.69, 9.17) is 0 Å². The molecule has 4 N–H and O–H groups in total. The van der Waals surface area contributed by atoms with Crippen LogP contribution >= 0.6 is 0 Å². The highest BCUT2D eigenvalue weighted by molar-refractivity contribution is 5.73. The Balaban J connectivity index is 1.87. The zero-order valence-corrected chi connectivity index (χ0v) is 9.81. The van der Waals surface area contributed by atoms with E-state index in [0.29, 0.717) is 17.0 Å². The molecule has 7 nitrogen and oxygen atoms in total. The molecule has 3 rings (SSSR count). The highest BCUT2D eigenvalue weighted by atomic mass is 16.3. The van der Waals surface area contributed by atoms with E-state index in [1.54, 1.807) is 0 Å². The fourth-order valence-corrected chi connectivity index (χ4v) is 2.37. The number of aromatic nitrogens is 4. The number of rotatable bonds is 2. The maximum Gasteiger partial charge on any atom is 0.263 e. The van der Waals surface area contributed by atoms with Crippen molar-refractivity contribution in [3.8, 4) is 0 Å². The summed E-state index contributed by atoms with van der Waals surface area (Å²) in [6.07, 6.45) is 4.84. The van der Waals surface area contributed by atoms with Gasteiger partial charge < -0.3 is 10.4 Å². The standard InChI is InChI=1S/C11H15N5O2/c17-8-4-2-1-3-7(8)13-11-14-9-6(5-12-16-9)10(18)15-11/h5,7-8,17H,1-4H2,(H3,12,13,14,15,16,18)/t7-,8-/m0/s1. The Morgan fingerprint density at radius 3 is 3.06 bits per heavy atom. The van der Waals surface area contributed by atoms with Crippen molar-refractivity contribution in [3.05, 3.63) is 16.6 Å². The molecule has 2 heterocycles. The first-order chi connectivity index (χ1) is 8.74. The molecular formula is C11H15N5O2. The Labute approximate surface area is 103 Å². The average Bonchev–Trinajstić information content (AvgIpc) is 2.81. The van der Waals surface area contributed by atoms with Crippen LogP contribution < -0.4 is 10.9 Å². The lowest BCUT2D eigenvalue weighted by Gasteiger charge is -2.28. The van der Waals surface area contributed by atoms with Gasteiger partial charge in [-0.05, 0) is 12.8 Å². The Bertz CT molecular complexity index is 605. The van der Waals surface area contributed by atoms with Crippen molar-refractivity contribution in [2.45, 2.75) is 37.8 Å². The van der Waals surface area contributed by atoms with Gasteiger partial charge in [0.15, 0.2) is 5.65 Å². The minimum absolute atomic E-state index is 0.0535. The summed E-state index contributed by atoms with van der Waals surface area (Å²) >= 11 is 0. The molecule has 1 aliphatic rings. The minimum Gasteiger partial charge on any atom is -0.391 e. The lowest BCUT2D eigenvalue weighted by atomic mass is 9.93. The molecule has 7 heteroatoms. The van der Waals surface area contributed by atoms with E-state index in [1.807, 2.05) is 0 Å². The van der Waals surface area contributed by atoms with Crippen molar-refractivity contribution in [2.75, 3.05) is 5.32 Å². The number of hydrogen-bond donors (Lipinski definition) is 4. The summed E-state index contributed by atoms with van der Waals surface area (Å²) in [4.78, 5) is 18.6. The molecule has 1 fully saturated rings. The monoisotopic (exact) mass is 249 g/mol. The first-order valence-electron chi connectivity index (χ1n) is 6.12. The van der Waals surface area contributed by atoms with Gasteiger partial charge in [-0.3, -0.25) is 14.9 Å². The predicted molar refractivity (Wildman–Crippen MR) is 66.4 cm³/mol. The molecule has 0 saturated heterocycles. The molecule has 18 heavy (non-hydrogen) atoms. The number of aliphatic hydroxyl groups excluding tert-OH is 1. The second-order valence-electron chi connectivity index (χ2n) is 4.65. The van der Waals surface area contributed by atoms with Crippen molar-refractivity contribution in [2.24, 2.45) is 0 Å². The Hall–Kier alpha value is -1.89. The average molecular weight is 249 g/mol. The topological polar surface area (TPSA) is 107 Å². The minimum atomic E-state index is -0.387. The molecule has 96 valence electrons. The second kappa shape index (κ2) is 4.41. The van der Waals surface area contributed by atoms with Gasteiger partial charge >= 0.3 is 0 Å². The van der Waals surface area contributed by atoms with E-state index in [1.165, 1.54) is 6.20 Å². The quantitative estimate of drug-likeness (QED) is 0.615. The Morgan fingerprint density at radius 2 is 2.22 bits per heavy atom. The lowest BCUT2D eigenvalue weighted by molar-refractivity contribution is 0.116. The number of fused-ring (bicyclic) bond motifs is 1. The number of aliphatic hydroxyl groups is 1. The predicted octanol–water partition coefficient (Wildman–Crippen LogP) is 0.362. The number of H-pyrrole nitrogens is 2. The summed E-state index contributed by atoms with van der Waals surface area (Å²) in [5.74, 6) is 0.378. The van der Waals surface area contributed by atoms with Crippen LogP contribution in [-0.4, -0.2) is 37.4 Å². The van der Waals surface area contributed by atoms with Crippen LogP contribution in [0, 0.1) is 0 Å². The lowest BCUT2D eigenvalue weighted by Crippen LogP contribution is -2.37. The first-order valence-corrected chi connectivity index (χ1v) is 6.12. The number of nitrogens with zero attached hydrogens (tertiary/aromatic N) is 2. The van der Waals surface area contributed by atoms with Gasteiger partial charge in [-0.1, -0.05) is 12.8 Å². The van der Waals surface area contributed by atoms with Crippen molar-refractivity contribution >= 4 is 17.0 Å². The molecule has 1 aliphatic carbocycles. The van der Waals surface area contributed by atoms with Gasteiger partial charge in [0.2, 0.25) is 5.95 Å². The van der Waals surface area contributed by atoms with Crippen LogP contribution in [-0.2, 0) is 0 Å². The van der Waals surface area contributed by atoms with Crippen molar-refractivity contribution in [3.63, 3.8) is 0 Å². The molecule has 2 aromatic rings. The van der Waals surface area contributed by atoms with E-state index in [0.717, 1.165) is 25.7 Å². The first kappa shape index (κ1) is 11.2. The number of hydrogen-bond acceptors (Lipinski definition) is 5. The van der Waals surface area contributed by atoms with Crippen LogP contribution in [0.4, 0.5) is 5.95 Å². The van der Waals surface area contributed by atoms with Crippen LogP contribution in [0.3, 0.4) is 0 Å². The maximum atomic E-state index is 11.7. The number of aromatic amines is 2. The molecule has 0 aliphatic heterocycles. The highest BCUT2D eigenvalue weighted by Crippen LogP contribution is 2.20. The summed E-state index contributed by atoms with van der Waals surface area (Å²) in [6, 6.07) is -0.0535. The van der Waals surface area contributed by atoms with Gasteiger partial charge in [-0.15, -0.1) is 0 Å². The fraction of sp³-hybridized carbons (Fsp3) is 0.545. The normalized spacial score (nSPS) is 24.3. The number of anilines is 1. The third-order valence-electron chi connectivity index (χ3n) is 3.37. The summed E-state index contributed by atoms with van der Waals surface area (Å²) in [7, 11) is 0. The van der Waals surface area contributed by atoms with Gasteiger partial charge in [0.05, 0.1) is 18.3 Å². The molecule has 0 amide bonds. The van der Waals surface area contributed by atoms with Crippen LogP contribution in [0.1, 0.15) is 25.7 Å². The Kier molecular flexibility index (Phi) is 2.75. The van der Waals surface area contributed by atoms with Gasteiger partial charge in [-0.2, -0.15) is 10.1 Å². The van der Waals surface area contributed by atoms with Crippen LogP contribution in [0.2, 0.25) is 0 Å². The smallest absolute Gasteiger partial charge is 0.263 e. The second-order valence-corrected chi connectivity index (χ2v) is 4.65. The maximum absolute atomic E-state index is 11.7. The zero-order chi connectivity index (χ0) is 12.5. The largest absolute Gasteiger partial charge is 0.391 e. The van der Waals surface area contributed by atoms with Crippen molar-refractivity contribution < 1.29 is 5.11 Å². The highest BCUT2D eigenvalue weighted by Gasteiger charge is 2.23. The van der Waals surface area contributed by atoms with Crippen LogP contribution in [0.25, 0.3) is 11.0 Å². The molecular weight excluding hydrogens is 234 g/mol. The summed E-state index contributed by atoms with van der Waals surface area (Å²) < 4.78 is 0. The van der Waals surface area contributed by atoms with Crippen molar-refractivity contribution in [1.29, 1.82) is 0 Å². The third kappa shape index (κ3) is 1.97. The van der Waals surface area contributed by atoms with Gasteiger partial charge in [-0.25, -0.2) is 0 Å². The fourth-order valence-electron chi connectivity index (χ4n) is 2.37. The number of nitrogens with one attached hydrogen (secondary N) is 3. The van der Waals surface area contributed by atoms with E-state index in [9.17, 15) is 9.90 Å². The molecule has 2 aromatic heterocycles. The molecule has 1 saturated carbocycles.